The quantitative estimate of drug-likeness (QED) is 0.859. The number of carbonyl (C=O) groups is 1. The van der Waals surface area contributed by atoms with Crippen molar-refractivity contribution in [3.63, 3.8) is 0 Å². The lowest BCUT2D eigenvalue weighted by Crippen LogP contribution is -2.51. The predicted molar refractivity (Wildman–Crippen MR) is 80.6 cm³/mol. The lowest BCUT2D eigenvalue weighted by molar-refractivity contribution is -0.146. The van der Waals surface area contributed by atoms with Crippen LogP contribution in [0.15, 0.2) is 0 Å². The van der Waals surface area contributed by atoms with Crippen molar-refractivity contribution < 1.29 is 9.53 Å². The molecular weight excluding hydrogens is 252 g/mol. The smallest absolute Gasteiger partial charge is 0.232 e. The van der Waals surface area contributed by atoms with Gasteiger partial charge in [0.05, 0.1) is 12.0 Å². The van der Waals surface area contributed by atoms with Gasteiger partial charge >= 0.3 is 0 Å². The van der Waals surface area contributed by atoms with Gasteiger partial charge in [0, 0.05) is 26.7 Å². The number of methoxy groups -OCH3 is 1. The summed E-state index contributed by atoms with van der Waals surface area (Å²) < 4.78 is 5.33. The zero-order valence-electron chi connectivity index (χ0n) is 13.5. The van der Waals surface area contributed by atoms with Crippen LogP contribution < -0.4 is 5.32 Å². The average molecular weight is 282 g/mol. The molecule has 1 atom stereocenters. The van der Waals surface area contributed by atoms with Crippen LogP contribution in [0.3, 0.4) is 0 Å². The van der Waals surface area contributed by atoms with Crippen molar-refractivity contribution in [3.05, 3.63) is 0 Å². The minimum atomic E-state index is -0.316. The van der Waals surface area contributed by atoms with Crippen LogP contribution in [0.4, 0.5) is 0 Å². The number of amides is 1. The fourth-order valence-electron chi connectivity index (χ4n) is 3.67. The van der Waals surface area contributed by atoms with E-state index in [4.69, 9.17) is 4.74 Å². The largest absolute Gasteiger partial charge is 0.384 e. The monoisotopic (exact) mass is 282 g/mol. The number of likely N-dealkylation sites (tertiary alicyclic amines) is 1. The van der Waals surface area contributed by atoms with E-state index in [1.807, 2.05) is 0 Å². The summed E-state index contributed by atoms with van der Waals surface area (Å²) in [4.78, 5) is 15.0. The van der Waals surface area contributed by atoms with Crippen molar-refractivity contribution in [2.75, 3.05) is 39.9 Å². The number of nitrogens with one attached hydrogen (secondary N) is 1. The molecule has 0 aromatic heterocycles. The molecule has 2 rings (SSSR count). The second kappa shape index (κ2) is 6.02. The van der Waals surface area contributed by atoms with Crippen LogP contribution in [-0.4, -0.2) is 50.7 Å². The maximum absolute atomic E-state index is 12.9. The Morgan fingerprint density at radius 3 is 2.45 bits per heavy atom. The van der Waals surface area contributed by atoms with E-state index in [0.29, 0.717) is 17.9 Å². The summed E-state index contributed by atoms with van der Waals surface area (Å²) >= 11 is 0. The molecule has 1 amide bonds. The zero-order chi connectivity index (χ0) is 14.8. The SMILES string of the molecule is COCC1(C(=O)N2CCC(C(C)(C)C)CC2)CCNC1. The summed E-state index contributed by atoms with van der Waals surface area (Å²) in [6.07, 6.45) is 3.16. The van der Waals surface area contributed by atoms with Crippen molar-refractivity contribution in [1.29, 1.82) is 0 Å². The van der Waals surface area contributed by atoms with Gasteiger partial charge in [-0.2, -0.15) is 0 Å². The van der Waals surface area contributed by atoms with Crippen molar-refractivity contribution in [2.24, 2.45) is 16.7 Å². The lowest BCUT2D eigenvalue weighted by atomic mass is 9.75. The molecule has 0 saturated carbocycles. The normalized spacial score (nSPS) is 28.9. The highest BCUT2D eigenvalue weighted by molar-refractivity contribution is 5.83. The van der Waals surface area contributed by atoms with Crippen LogP contribution in [0.1, 0.15) is 40.0 Å². The van der Waals surface area contributed by atoms with Gasteiger partial charge in [0.25, 0.3) is 0 Å². The standard InChI is InChI=1S/C16H30N2O2/c1-15(2,3)13-5-9-18(10-6-13)14(19)16(12-20-4)7-8-17-11-16/h13,17H,5-12H2,1-4H3. The molecule has 2 aliphatic rings. The molecule has 2 aliphatic heterocycles. The molecule has 2 fully saturated rings. The molecule has 4 heteroatoms. The number of carbonyl (C=O) groups excluding carboxylic acids is 1. The van der Waals surface area contributed by atoms with E-state index in [2.05, 4.69) is 31.0 Å². The molecule has 0 aromatic carbocycles. The van der Waals surface area contributed by atoms with E-state index in [-0.39, 0.29) is 5.41 Å². The zero-order valence-corrected chi connectivity index (χ0v) is 13.5. The van der Waals surface area contributed by atoms with Crippen LogP contribution in [-0.2, 0) is 9.53 Å². The van der Waals surface area contributed by atoms with Gasteiger partial charge in [0.1, 0.15) is 0 Å². The predicted octanol–water partition coefficient (Wildman–Crippen LogP) is 1.90. The van der Waals surface area contributed by atoms with Gasteiger partial charge in [-0.15, -0.1) is 0 Å². The van der Waals surface area contributed by atoms with Crippen molar-refractivity contribution in [2.45, 2.75) is 40.0 Å². The minimum Gasteiger partial charge on any atom is -0.384 e. The van der Waals surface area contributed by atoms with E-state index in [1.165, 1.54) is 0 Å². The molecule has 1 N–H and O–H groups in total. The summed E-state index contributed by atoms with van der Waals surface area (Å²) in [5.41, 5.74) is 0.0393. The van der Waals surface area contributed by atoms with Crippen molar-refractivity contribution >= 4 is 5.91 Å². The Labute approximate surface area is 123 Å². The third kappa shape index (κ3) is 3.17. The number of ether oxygens (including phenoxy) is 1. The Balaban J connectivity index is 1.97. The van der Waals surface area contributed by atoms with E-state index in [9.17, 15) is 4.79 Å². The first-order chi connectivity index (χ1) is 9.39. The summed E-state index contributed by atoms with van der Waals surface area (Å²) in [5.74, 6) is 1.03. The highest BCUT2D eigenvalue weighted by atomic mass is 16.5. The first-order valence-electron chi connectivity index (χ1n) is 7.88. The van der Waals surface area contributed by atoms with Gasteiger partial charge in [0.15, 0.2) is 0 Å². The highest BCUT2D eigenvalue weighted by Gasteiger charge is 2.44. The molecule has 4 nitrogen and oxygen atoms in total. The molecular formula is C16H30N2O2. The molecule has 0 aromatic rings. The van der Waals surface area contributed by atoms with E-state index in [0.717, 1.165) is 51.4 Å². The summed E-state index contributed by atoms with van der Waals surface area (Å²) in [6.45, 7) is 11.0. The number of nitrogens with zero attached hydrogens (tertiary/aromatic N) is 1. The molecule has 116 valence electrons. The molecule has 0 aliphatic carbocycles. The van der Waals surface area contributed by atoms with E-state index < -0.39 is 0 Å². The number of piperidine rings is 1. The Hall–Kier alpha value is -0.610. The van der Waals surface area contributed by atoms with Gasteiger partial charge in [-0.25, -0.2) is 0 Å². The lowest BCUT2D eigenvalue weighted by Gasteiger charge is -2.41. The molecule has 0 radical (unpaired) electrons. The summed E-state index contributed by atoms with van der Waals surface area (Å²) in [7, 11) is 1.69. The summed E-state index contributed by atoms with van der Waals surface area (Å²) in [5, 5.41) is 3.32. The van der Waals surface area contributed by atoms with Gasteiger partial charge in [0.2, 0.25) is 5.91 Å². The van der Waals surface area contributed by atoms with Gasteiger partial charge < -0.3 is 15.0 Å². The number of rotatable bonds is 3. The van der Waals surface area contributed by atoms with E-state index in [1.54, 1.807) is 7.11 Å². The second-order valence-electron chi connectivity index (χ2n) is 7.57. The van der Waals surface area contributed by atoms with Crippen LogP contribution >= 0.6 is 0 Å². The maximum Gasteiger partial charge on any atom is 0.232 e. The minimum absolute atomic E-state index is 0.303. The van der Waals surface area contributed by atoms with Crippen molar-refractivity contribution in [3.8, 4) is 0 Å². The van der Waals surface area contributed by atoms with E-state index >= 15 is 0 Å². The third-order valence-electron chi connectivity index (χ3n) is 5.12. The van der Waals surface area contributed by atoms with Crippen LogP contribution in [0.25, 0.3) is 0 Å². The van der Waals surface area contributed by atoms with Crippen LogP contribution in [0.2, 0.25) is 0 Å². The Kier molecular flexibility index (Phi) is 4.75. The highest BCUT2D eigenvalue weighted by Crippen LogP contribution is 2.36. The van der Waals surface area contributed by atoms with Gasteiger partial charge in [-0.3, -0.25) is 4.79 Å². The Bertz CT molecular complexity index is 335. The third-order valence-corrected chi connectivity index (χ3v) is 5.12. The Morgan fingerprint density at radius 1 is 1.35 bits per heavy atom. The second-order valence-corrected chi connectivity index (χ2v) is 7.57. The molecule has 1 unspecified atom stereocenters. The van der Waals surface area contributed by atoms with Gasteiger partial charge in [-0.05, 0) is 37.1 Å². The maximum atomic E-state index is 12.9. The fourth-order valence-corrected chi connectivity index (χ4v) is 3.67. The van der Waals surface area contributed by atoms with Crippen LogP contribution in [0.5, 0.6) is 0 Å². The molecule has 20 heavy (non-hydrogen) atoms. The fraction of sp³-hybridized carbons (Fsp3) is 0.938. The summed E-state index contributed by atoms with van der Waals surface area (Å²) in [6, 6.07) is 0. The topological polar surface area (TPSA) is 41.6 Å². The molecule has 0 bridgehead atoms. The van der Waals surface area contributed by atoms with Crippen LogP contribution in [0, 0.1) is 16.7 Å². The molecule has 2 heterocycles. The number of hydrogen-bond donors (Lipinski definition) is 1. The van der Waals surface area contributed by atoms with Crippen molar-refractivity contribution in [1.82, 2.24) is 10.2 Å². The molecule has 0 spiro atoms. The first-order valence-corrected chi connectivity index (χ1v) is 7.88. The Morgan fingerprint density at radius 2 is 2.00 bits per heavy atom. The average Bonchev–Trinajstić information content (AvgIpc) is 2.87. The number of hydrogen-bond acceptors (Lipinski definition) is 3. The molecule has 2 saturated heterocycles. The van der Waals surface area contributed by atoms with Gasteiger partial charge in [-0.1, -0.05) is 20.8 Å². The first kappa shape index (κ1) is 15.8.